The lowest BCUT2D eigenvalue weighted by Crippen LogP contribution is -2.32. The summed E-state index contributed by atoms with van der Waals surface area (Å²) in [5.41, 5.74) is 0.838. The third-order valence-electron chi connectivity index (χ3n) is 4.86. The zero-order valence-corrected chi connectivity index (χ0v) is 17.2. The van der Waals surface area contributed by atoms with Crippen molar-refractivity contribution in [3.63, 3.8) is 0 Å². The van der Waals surface area contributed by atoms with E-state index in [1.165, 1.54) is 6.33 Å². The Kier molecular flexibility index (Phi) is 5.01. The van der Waals surface area contributed by atoms with Crippen molar-refractivity contribution in [1.29, 1.82) is 0 Å². The van der Waals surface area contributed by atoms with Crippen LogP contribution in [0, 0.1) is 5.92 Å². The minimum atomic E-state index is -0.541. The van der Waals surface area contributed by atoms with Gasteiger partial charge in [0.05, 0.1) is 0 Å². The SMILES string of the molecule is CC(C)[C@H](NC(=O)c1cc(-c2ccc3c(c2)OCCO3)on1)c1nc(-c2ncn[nH]2)no1. The fourth-order valence-electron chi connectivity index (χ4n) is 3.21. The molecule has 1 aliphatic rings. The summed E-state index contributed by atoms with van der Waals surface area (Å²) in [6.45, 7) is 4.83. The molecule has 1 amide bonds. The third-order valence-corrected chi connectivity index (χ3v) is 4.86. The lowest BCUT2D eigenvalue weighted by molar-refractivity contribution is 0.0904. The Morgan fingerprint density at radius 3 is 2.72 bits per heavy atom. The molecule has 0 saturated carbocycles. The summed E-state index contributed by atoms with van der Waals surface area (Å²) < 4.78 is 21.9. The van der Waals surface area contributed by atoms with Gasteiger partial charge in [-0.3, -0.25) is 9.89 Å². The van der Waals surface area contributed by atoms with Gasteiger partial charge in [-0.1, -0.05) is 24.2 Å². The van der Waals surface area contributed by atoms with Gasteiger partial charge in [0.2, 0.25) is 11.7 Å². The molecule has 0 unspecified atom stereocenters. The number of amides is 1. The fraction of sp³-hybridized carbons (Fsp3) is 0.300. The first-order valence-electron chi connectivity index (χ1n) is 9.95. The Labute approximate surface area is 181 Å². The highest BCUT2D eigenvalue weighted by Crippen LogP contribution is 2.34. The summed E-state index contributed by atoms with van der Waals surface area (Å²) in [5.74, 6) is 2.11. The second-order valence-electron chi connectivity index (χ2n) is 7.42. The van der Waals surface area contributed by atoms with Crippen LogP contribution in [0.25, 0.3) is 23.0 Å². The molecule has 1 aromatic carbocycles. The Morgan fingerprint density at radius 1 is 1.09 bits per heavy atom. The molecular weight excluding hydrogens is 418 g/mol. The Hall–Kier alpha value is -4.22. The second kappa shape index (κ2) is 8.13. The molecule has 4 aromatic rings. The van der Waals surface area contributed by atoms with E-state index in [2.05, 4.69) is 35.8 Å². The molecule has 12 heteroatoms. The standard InChI is InChI=1S/C20H19N7O5/c1-10(2)16(20-24-18(27-32-20)17-21-9-22-25-17)23-19(28)12-8-14(31-26-12)11-3-4-13-15(7-11)30-6-5-29-13/h3-4,7-10,16H,5-6H2,1-2H3,(H,23,28)(H,21,22,25)/t16-/m0/s1. The Morgan fingerprint density at radius 2 is 1.94 bits per heavy atom. The molecule has 12 nitrogen and oxygen atoms in total. The molecule has 0 spiro atoms. The summed E-state index contributed by atoms with van der Waals surface area (Å²) in [6.07, 6.45) is 1.34. The van der Waals surface area contributed by atoms with Crippen molar-refractivity contribution >= 4 is 5.91 Å². The van der Waals surface area contributed by atoms with Gasteiger partial charge in [-0.25, -0.2) is 4.98 Å². The Balaban J connectivity index is 1.33. The second-order valence-corrected chi connectivity index (χ2v) is 7.42. The normalized spacial score (nSPS) is 13.8. The van der Waals surface area contributed by atoms with Gasteiger partial charge in [-0.2, -0.15) is 10.1 Å². The predicted molar refractivity (Wildman–Crippen MR) is 108 cm³/mol. The van der Waals surface area contributed by atoms with Crippen LogP contribution in [0.4, 0.5) is 0 Å². The molecule has 0 radical (unpaired) electrons. The maximum Gasteiger partial charge on any atom is 0.274 e. The monoisotopic (exact) mass is 437 g/mol. The topological polar surface area (TPSA) is 154 Å². The number of nitrogens with zero attached hydrogens (tertiary/aromatic N) is 5. The van der Waals surface area contributed by atoms with Crippen LogP contribution in [0.1, 0.15) is 36.3 Å². The van der Waals surface area contributed by atoms with E-state index < -0.39 is 11.9 Å². The van der Waals surface area contributed by atoms with Gasteiger partial charge < -0.3 is 23.8 Å². The maximum absolute atomic E-state index is 12.8. The quantitative estimate of drug-likeness (QED) is 0.459. The molecule has 2 N–H and O–H groups in total. The number of hydrogen-bond donors (Lipinski definition) is 2. The highest BCUT2D eigenvalue weighted by Gasteiger charge is 2.27. The first kappa shape index (κ1) is 19.7. The van der Waals surface area contributed by atoms with Gasteiger partial charge >= 0.3 is 0 Å². The van der Waals surface area contributed by atoms with Crippen LogP contribution in [0.3, 0.4) is 0 Å². The summed E-state index contributed by atoms with van der Waals surface area (Å²) >= 11 is 0. The highest BCUT2D eigenvalue weighted by atomic mass is 16.6. The van der Waals surface area contributed by atoms with E-state index in [0.29, 0.717) is 36.3 Å². The van der Waals surface area contributed by atoms with E-state index in [1.807, 2.05) is 19.9 Å². The van der Waals surface area contributed by atoms with Gasteiger partial charge in [0.15, 0.2) is 28.8 Å². The number of H-pyrrole nitrogens is 1. The van der Waals surface area contributed by atoms with Crippen LogP contribution in [-0.2, 0) is 0 Å². The molecular formula is C20H19N7O5. The van der Waals surface area contributed by atoms with Crippen LogP contribution in [0.2, 0.25) is 0 Å². The number of ether oxygens (including phenoxy) is 2. The predicted octanol–water partition coefficient (Wildman–Crippen LogP) is 2.41. The van der Waals surface area contributed by atoms with E-state index in [1.54, 1.807) is 18.2 Å². The molecule has 164 valence electrons. The highest BCUT2D eigenvalue weighted by molar-refractivity contribution is 5.93. The van der Waals surface area contributed by atoms with E-state index in [9.17, 15) is 4.79 Å². The largest absolute Gasteiger partial charge is 0.486 e. The van der Waals surface area contributed by atoms with Crippen molar-refractivity contribution in [2.45, 2.75) is 19.9 Å². The summed E-state index contributed by atoms with van der Waals surface area (Å²) in [4.78, 5) is 21.2. The first-order valence-corrected chi connectivity index (χ1v) is 9.95. The molecule has 3 aromatic heterocycles. The van der Waals surface area contributed by atoms with Crippen molar-refractivity contribution in [2.75, 3.05) is 13.2 Å². The van der Waals surface area contributed by atoms with Crippen molar-refractivity contribution in [3.8, 4) is 34.5 Å². The fourth-order valence-corrected chi connectivity index (χ4v) is 3.21. The molecule has 1 aliphatic heterocycles. The van der Waals surface area contributed by atoms with Crippen molar-refractivity contribution in [2.24, 2.45) is 5.92 Å². The minimum Gasteiger partial charge on any atom is -0.486 e. The number of fused-ring (bicyclic) bond motifs is 1. The minimum absolute atomic E-state index is 0.0360. The zero-order chi connectivity index (χ0) is 22.1. The summed E-state index contributed by atoms with van der Waals surface area (Å²) in [7, 11) is 0. The number of nitrogens with one attached hydrogen (secondary N) is 2. The van der Waals surface area contributed by atoms with Crippen LogP contribution >= 0.6 is 0 Å². The molecule has 4 heterocycles. The number of benzene rings is 1. The summed E-state index contributed by atoms with van der Waals surface area (Å²) in [6, 6.07) is 6.42. The molecule has 0 aliphatic carbocycles. The van der Waals surface area contributed by atoms with E-state index >= 15 is 0 Å². The number of carbonyl (C=O) groups is 1. The van der Waals surface area contributed by atoms with Gasteiger partial charge in [-0.15, -0.1) is 0 Å². The maximum atomic E-state index is 12.8. The summed E-state index contributed by atoms with van der Waals surface area (Å²) in [5, 5.41) is 17.1. The number of aromatic amines is 1. The number of rotatable bonds is 6. The molecule has 0 saturated heterocycles. The first-order chi connectivity index (χ1) is 15.6. The average molecular weight is 437 g/mol. The molecule has 32 heavy (non-hydrogen) atoms. The third kappa shape index (κ3) is 3.77. The smallest absolute Gasteiger partial charge is 0.274 e. The zero-order valence-electron chi connectivity index (χ0n) is 17.2. The molecule has 0 bridgehead atoms. The van der Waals surface area contributed by atoms with Crippen LogP contribution in [-0.4, -0.2) is 49.6 Å². The molecule has 5 rings (SSSR count). The van der Waals surface area contributed by atoms with Gasteiger partial charge in [0.25, 0.3) is 5.91 Å². The van der Waals surface area contributed by atoms with Crippen LogP contribution in [0.5, 0.6) is 11.5 Å². The number of carbonyl (C=O) groups excluding carboxylic acids is 1. The lowest BCUT2D eigenvalue weighted by Gasteiger charge is -2.18. The Bertz CT molecular complexity index is 1230. The number of aromatic nitrogens is 6. The van der Waals surface area contributed by atoms with Gasteiger partial charge in [0, 0.05) is 11.6 Å². The van der Waals surface area contributed by atoms with E-state index in [0.717, 1.165) is 5.56 Å². The van der Waals surface area contributed by atoms with Crippen LogP contribution in [0.15, 0.2) is 39.6 Å². The average Bonchev–Trinajstić information content (AvgIpc) is 3.57. The number of hydrogen-bond acceptors (Lipinski definition) is 10. The lowest BCUT2D eigenvalue weighted by atomic mass is 10.0. The van der Waals surface area contributed by atoms with E-state index in [4.69, 9.17) is 18.5 Å². The van der Waals surface area contributed by atoms with Crippen molar-refractivity contribution in [1.82, 2.24) is 35.8 Å². The molecule has 1 atom stereocenters. The molecule has 0 fully saturated rings. The van der Waals surface area contributed by atoms with Crippen LogP contribution < -0.4 is 14.8 Å². The van der Waals surface area contributed by atoms with Gasteiger partial charge in [-0.05, 0) is 24.1 Å². The van der Waals surface area contributed by atoms with Gasteiger partial charge in [0.1, 0.15) is 25.6 Å². The van der Waals surface area contributed by atoms with Crippen molar-refractivity contribution in [3.05, 3.63) is 42.2 Å². The van der Waals surface area contributed by atoms with Crippen molar-refractivity contribution < 1.29 is 23.3 Å². The van der Waals surface area contributed by atoms with E-state index in [-0.39, 0.29) is 23.3 Å².